The van der Waals surface area contributed by atoms with Gasteiger partial charge in [0.2, 0.25) is 0 Å². The summed E-state index contributed by atoms with van der Waals surface area (Å²) in [5.74, 6) is 1.49. The summed E-state index contributed by atoms with van der Waals surface area (Å²) in [5, 5.41) is 0. The Kier molecular flexibility index (Phi) is 3.94. The molecule has 0 fully saturated rings. The SMILES string of the molecule is CC[C@H](C)C[C@@H](C)c1ccncc1. The third-order valence-electron chi connectivity index (χ3n) is 2.73. The van der Waals surface area contributed by atoms with E-state index in [1.54, 1.807) is 0 Å². The molecular weight excluding hydrogens is 158 g/mol. The van der Waals surface area contributed by atoms with Crippen LogP contribution in [0, 0.1) is 5.92 Å². The summed E-state index contributed by atoms with van der Waals surface area (Å²) in [6.45, 7) is 6.86. The fourth-order valence-corrected chi connectivity index (χ4v) is 1.60. The lowest BCUT2D eigenvalue weighted by molar-refractivity contribution is 0.471. The third-order valence-corrected chi connectivity index (χ3v) is 2.73. The van der Waals surface area contributed by atoms with Crippen LogP contribution in [0.2, 0.25) is 0 Å². The molecule has 1 aromatic heterocycles. The minimum absolute atomic E-state index is 0.665. The quantitative estimate of drug-likeness (QED) is 0.684. The molecule has 1 rings (SSSR count). The van der Waals surface area contributed by atoms with Crippen LogP contribution < -0.4 is 0 Å². The molecule has 0 aromatic carbocycles. The van der Waals surface area contributed by atoms with Gasteiger partial charge in [0, 0.05) is 12.4 Å². The Morgan fingerprint density at radius 2 is 1.85 bits per heavy atom. The summed E-state index contributed by atoms with van der Waals surface area (Å²) in [6.07, 6.45) is 6.31. The van der Waals surface area contributed by atoms with Crippen molar-refractivity contribution in [3.8, 4) is 0 Å². The Balaban J connectivity index is 2.53. The first-order valence-corrected chi connectivity index (χ1v) is 5.14. The molecule has 0 aliphatic heterocycles. The fraction of sp³-hybridized carbons (Fsp3) is 0.583. The Bertz CT molecular complexity index is 230. The van der Waals surface area contributed by atoms with Gasteiger partial charge in [0.25, 0.3) is 0 Å². The van der Waals surface area contributed by atoms with Gasteiger partial charge in [-0.1, -0.05) is 27.2 Å². The summed E-state index contributed by atoms with van der Waals surface area (Å²) in [5.41, 5.74) is 1.41. The van der Waals surface area contributed by atoms with Crippen molar-refractivity contribution >= 4 is 0 Å². The van der Waals surface area contributed by atoms with Gasteiger partial charge in [-0.25, -0.2) is 0 Å². The summed E-state index contributed by atoms with van der Waals surface area (Å²) in [7, 11) is 0. The Morgan fingerprint density at radius 1 is 1.23 bits per heavy atom. The summed E-state index contributed by atoms with van der Waals surface area (Å²) < 4.78 is 0. The molecule has 1 nitrogen and oxygen atoms in total. The Morgan fingerprint density at radius 3 is 2.38 bits per heavy atom. The number of rotatable bonds is 4. The van der Waals surface area contributed by atoms with E-state index in [4.69, 9.17) is 0 Å². The average Bonchev–Trinajstić information content (AvgIpc) is 2.19. The van der Waals surface area contributed by atoms with E-state index in [-0.39, 0.29) is 0 Å². The van der Waals surface area contributed by atoms with Crippen molar-refractivity contribution in [1.29, 1.82) is 0 Å². The number of hydrogen-bond donors (Lipinski definition) is 0. The summed E-state index contributed by atoms with van der Waals surface area (Å²) in [6, 6.07) is 4.24. The van der Waals surface area contributed by atoms with Gasteiger partial charge in [0.05, 0.1) is 0 Å². The van der Waals surface area contributed by atoms with Crippen LogP contribution in [0.4, 0.5) is 0 Å². The van der Waals surface area contributed by atoms with Crippen molar-refractivity contribution in [2.45, 2.75) is 39.5 Å². The smallest absolute Gasteiger partial charge is 0.0270 e. The van der Waals surface area contributed by atoms with Crippen LogP contribution in [0.15, 0.2) is 24.5 Å². The number of nitrogens with zero attached hydrogens (tertiary/aromatic N) is 1. The molecule has 1 heterocycles. The third kappa shape index (κ3) is 3.17. The predicted octanol–water partition coefficient (Wildman–Crippen LogP) is 3.62. The first-order valence-electron chi connectivity index (χ1n) is 5.14. The normalized spacial score (nSPS) is 15.3. The standard InChI is InChI=1S/C12H19N/c1-4-10(2)9-11(3)12-5-7-13-8-6-12/h5-8,10-11H,4,9H2,1-3H3/t10-,11+/m0/s1. The van der Waals surface area contributed by atoms with Crippen LogP contribution in [0.25, 0.3) is 0 Å². The highest BCUT2D eigenvalue weighted by Crippen LogP contribution is 2.23. The molecule has 0 aliphatic rings. The van der Waals surface area contributed by atoms with Crippen molar-refractivity contribution in [2.24, 2.45) is 5.92 Å². The van der Waals surface area contributed by atoms with Crippen molar-refractivity contribution in [1.82, 2.24) is 4.98 Å². The predicted molar refractivity (Wildman–Crippen MR) is 56.7 cm³/mol. The van der Waals surface area contributed by atoms with Gasteiger partial charge < -0.3 is 0 Å². The summed E-state index contributed by atoms with van der Waals surface area (Å²) >= 11 is 0. The van der Waals surface area contributed by atoms with Crippen LogP contribution in [-0.2, 0) is 0 Å². The van der Waals surface area contributed by atoms with Gasteiger partial charge in [-0.2, -0.15) is 0 Å². The van der Waals surface area contributed by atoms with Crippen LogP contribution in [0.3, 0.4) is 0 Å². The monoisotopic (exact) mass is 177 g/mol. The molecule has 0 amide bonds. The number of aromatic nitrogens is 1. The van der Waals surface area contributed by atoms with E-state index in [0.29, 0.717) is 5.92 Å². The highest BCUT2D eigenvalue weighted by molar-refractivity contribution is 5.14. The second-order valence-corrected chi connectivity index (χ2v) is 3.93. The molecule has 72 valence electrons. The van der Waals surface area contributed by atoms with Crippen LogP contribution in [0.1, 0.15) is 45.1 Å². The number of pyridine rings is 1. The molecule has 0 saturated carbocycles. The minimum Gasteiger partial charge on any atom is -0.265 e. The Labute approximate surface area is 81.2 Å². The van der Waals surface area contributed by atoms with Crippen molar-refractivity contribution < 1.29 is 0 Å². The lowest BCUT2D eigenvalue weighted by Gasteiger charge is -2.15. The molecule has 0 radical (unpaired) electrons. The van der Waals surface area contributed by atoms with Gasteiger partial charge in [-0.3, -0.25) is 4.98 Å². The van der Waals surface area contributed by atoms with E-state index in [0.717, 1.165) is 5.92 Å². The molecule has 0 spiro atoms. The van der Waals surface area contributed by atoms with E-state index in [9.17, 15) is 0 Å². The second kappa shape index (κ2) is 5.00. The van der Waals surface area contributed by atoms with E-state index in [1.165, 1.54) is 18.4 Å². The maximum Gasteiger partial charge on any atom is 0.0270 e. The van der Waals surface area contributed by atoms with Crippen LogP contribution in [-0.4, -0.2) is 4.98 Å². The molecule has 1 heteroatoms. The van der Waals surface area contributed by atoms with Gasteiger partial charge in [-0.05, 0) is 36.0 Å². The molecule has 0 saturated heterocycles. The molecule has 0 aliphatic carbocycles. The zero-order valence-corrected chi connectivity index (χ0v) is 8.83. The maximum atomic E-state index is 4.03. The lowest BCUT2D eigenvalue weighted by Crippen LogP contribution is -2.00. The molecule has 0 N–H and O–H groups in total. The highest BCUT2D eigenvalue weighted by Gasteiger charge is 2.08. The van der Waals surface area contributed by atoms with Crippen molar-refractivity contribution in [3.05, 3.63) is 30.1 Å². The maximum absolute atomic E-state index is 4.03. The lowest BCUT2D eigenvalue weighted by atomic mass is 9.90. The van der Waals surface area contributed by atoms with Crippen LogP contribution in [0.5, 0.6) is 0 Å². The first kappa shape index (κ1) is 10.2. The topological polar surface area (TPSA) is 12.9 Å². The summed E-state index contributed by atoms with van der Waals surface area (Å²) in [4.78, 5) is 4.03. The zero-order chi connectivity index (χ0) is 9.68. The minimum atomic E-state index is 0.665. The molecule has 0 unspecified atom stereocenters. The molecule has 1 aromatic rings. The van der Waals surface area contributed by atoms with Gasteiger partial charge in [0.1, 0.15) is 0 Å². The van der Waals surface area contributed by atoms with Gasteiger partial charge >= 0.3 is 0 Å². The van der Waals surface area contributed by atoms with E-state index in [1.807, 2.05) is 12.4 Å². The van der Waals surface area contributed by atoms with Gasteiger partial charge in [0.15, 0.2) is 0 Å². The molecule has 13 heavy (non-hydrogen) atoms. The first-order chi connectivity index (χ1) is 6.24. The largest absolute Gasteiger partial charge is 0.265 e. The van der Waals surface area contributed by atoms with Crippen molar-refractivity contribution in [2.75, 3.05) is 0 Å². The zero-order valence-electron chi connectivity index (χ0n) is 8.83. The molecule has 0 bridgehead atoms. The van der Waals surface area contributed by atoms with E-state index in [2.05, 4.69) is 37.9 Å². The Hall–Kier alpha value is -0.850. The average molecular weight is 177 g/mol. The van der Waals surface area contributed by atoms with E-state index >= 15 is 0 Å². The van der Waals surface area contributed by atoms with Crippen molar-refractivity contribution in [3.63, 3.8) is 0 Å². The fourth-order valence-electron chi connectivity index (χ4n) is 1.60. The molecule has 2 atom stereocenters. The van der Waals surface area contributed by atoms with Gasteiger partial charge in [-0.15, -0.1) is 0 Å². The van der Waals surface area contributed by atoms with E-state index < -0.39 is 0 Å². The second-order valence-electron chi connectivity index (χ2n) is 3.93. The van der Waals surface area contributed by atoms with Crippen LogP contribution >= 0.6 is 0 Å². The highest BCUT2D eigenvalue weighted by atomic mass is 14.6. The number of hydrogen-bond acceptors (Lipinski definition) is 1. The molecular formula is C12H19N.